The van der Waals surface area contributed by atoms with Crippen LogP contribution in [-0.2, 0) is 12.5 Å². The number of pyridine rings is 1. The average molecular weight is 604 g/mol. The van der Waals surface area contributed by atoms with Crippen LogP contribution in [0.25, 0.3) is 22.3 Å². The van der Waals surface area contributed by atoms with E-state index in [2.05, 4.69) is 52.1 Å². The maximum Gasteiger partial charge on any atom is 0.320 e. The number of aromatic nitrogens is 5. The predicted molar refractivity (Wildman–Crippen MR) is 181 cm³/mol. The van der Waals surface area contributed by atoms with Crippen LogP contribution in [0.2, 0.25) is 0 Å². The molecule has 0 radical (unpaired) electrons. The minimum atomic E-state index is -0.888. The van der Waals surface area contributed by atoms with Gasteiger partial charge in [-0.15, -0.1) is 0 Å². The molecule has 1 atom stereocenters. The summed E-state index contributed by atoms with van der Waals surface area (Å²) in [5, 5.41) is 19.6. The van der Waals surface area contributed by atoms with Gasteiger partial charge in [0.2, 0.25) is 0 Å². The van der Waals surface area contributed by atoms with Gasteiger partial charge in [0.15, 0.2) is 0 Å². The van der Waals surface area contributed by atoms with Gasteiger partial charge in [-0.1, -0.05) is 121 Å². The highest BCUT2D eigenvalue weighted by Crippen LogP contribution is 2.48. The molecule has 7 aromatic rings. The van der Waals surface area contributed by atoms with Gasteiger partial charge < -0.3 is 5.32 Å². The molecule has 4 aromatic carbocycles. The van der Waals surface area contributed by atoms with Crippen molar-refractivity contribution in [2.24, 2.45) is 7.05 Å². The molecule has 7 rings (SSSR count). The van der Waals surface area contributed by atoms with Gasteiger partial charge in [-0.25, -0.2) is 9.78 Å². The first kappa shape index (κ1) is 28.7. The smallest absolute Gasteiger partial charge is 0.320 e. The molecular formula is C38H33N7O. The number of amides is 2. The summed E-state index contributed by atoms with van der Waals surface area (Å²) in [5.74, 6) is 0.392. The number of hydrogen-bond donors (Lipinski definition) is 3. The fourth-order valence-corrected chi connectivity index (χ4v) is 6.26. The number of benzene rings is 4. The number of nitrogens with zero attached hydrogens (tertiary/aromatic N) is 4. The Hall–Kier alpha value is -6.02. The third-order valence-corrected chi connectivity index (χ3v) is 8.37. The van der Waals surface area contributed by atoms with Crippen molar-refractivity contribution < 1.29 is 4.79 Å². The topological polar surface area (TPSA) is 101 Å². The number of fused-ring (bicyclic) bond motifs is 1. The molecular weight excluding hydrogens is 570 g/mol. The van der Waals surface area contributed by atoms with E-state index in [1.807, 2.05) is 117 Å². The van der Waals surface area contributed by atoms with Crippen LogP contribution in [0.15, 0.2) is 140 Å². The molecule has 0 fully saturated rings. The minimum Gasteiger partial charge on any atom is -0.331 e. The van der Waals surface area contributed by atoms with E-state index in [0.29, 0.717) is 11.5 Å². The van der Waals surface area contributed by atoms with Crippen molar-refractivity contribution in [1.82, 2.24) is 30.3 Å². The Bertz CT molecular complexity index is 1990. The average Bonchev–Trinajstić information content (AvgIpc) is 3.73. The molecule has 0 saturated heterocycles. The second kappa shape index (κ2) is 12.2. The summed E-state index contributed by atoms with van der Waals surface area (Å²) in [5.41, 5.74) is 6.02. The molecule has 2 amide bonds. The highest BCUT2D eigenvalue weighted by molar-refractivity contribution is 5.99. The number of anilines is 1. The maximum absolute atomic E-state index is 13.4. The quantitative estimate of drug-likeness (QED) is 0.156. The Morgan fingerprint density at radius 1 is 0.783 bits per heavy atom. The molecule has 226 valence electrons. The van der Waals surface area contributed by atoms with Crippen molar-refractivity contribution in [3.05, 3.63) is 168 Å². The van der Waals surface area contributed by atoms with E-state index in [1.54, 1.807) is 4.68 Å². The fourth-order valence-electron chi connectivity index (χ4n) is 6.26. The standard InChI is InChI=1S/C38H33N7O/c1-26(27-15-7-3-8-16-27)39-37(46)41-33-25-32-34(35(43-42-32)31-23-24-45(2)44-31)36(40-33)38(28-17-9-4-10-18-28,29-19-11-5-12-20-29)30-21-13-6-14-22-30/h3-26H,1-2H3,(H,42,43)(H2,39,40,41,46)/t26-/m1/s1. The van der Waals surface area contributed by atoms with Crippen molar-refractivity contribution in [3.8, 4) is 11.4 Å². The zero-order chi connectivity index (χ0) is 31.5. The van der Waals surface area contributed by atoms with E-state index in [4.69, 9.17) is 15.2 Å². The normalized spacial score (nSPS) is 12.1. The first-order chi connectivity index (χ1) is 22.5. The Labute approximate surface area is 267 Å². The summed E-state index contributed by atoms with van der Waals surface area (Å²) in [6, 6.07) is 44.1. The summed E-state index contributed by atoms with van der Waals surface area (Å²) in [7, 11) is 1.89. The molecule has 46 heavy (non-hydrogen) atoms. The molecule has 8 nitrogen and oxygen atoms in total. The molecule has 0 aliphatic carbocycles. The third-order valence-electron chi connectivity index (χ3n) is 8.37. The highest BCUT2D eigenvalue weighted by atomic mass is 16.2. The molecule has 0 saturated carbocycles. The lowest BCUT2D eigenvalue weighted by Crippen LogP contribution is -2.34. The SMILES string of the molecule is C[C@@H](NC(=O)Nc1cc2[nH]nc(-c3ccn(C)n3)c2c(C(c2ccccc2)(c2ccccc2)c2ccccc2)n1)c1ccccc1. The molecule has 3 aromatic heterocycles. The van der Waals surface area contributed by atoms with E-state index in [-0.39, 0.29) is 12.1 Å². The van der Waals surface area contributed by atoms with Crippen LogP contribution in [0.1, 0.15) is 40.9 Å². The lowest BCUT2D eigenvalue weighted by Gasteiger charge is -2.36. The second-order valence-electron chi connectivity index (χ2n) is 11.3. The largest absolute Gasteiger partial charge is 0.331 e. The molecule has 0 spiro atoms. The van der Waals surface area contributed by atoms with Crippen LogP contribution < -0.4 is 10.6 Å². The van der Waals surface area contributed by atoms with Crippen LogP contribution in [0.5, 0.6) is 0 Å². The van der Waals surface area contributed by atoms with Crippen molar-refractivity contribution in [3.63, 3.8) is 0 Å². The minimum absolute atomic E-state index is 0.204. The number of aromatic amines is 1. The molecule has 0 unspecified atom stereocenters. The highest BCUT2D eigenvalue weighted by Gasteiger charge is 2.42. The van der Waals surface area contributed by atoms with Crippen LogP contribution in [0.3, 0.4) is 0 Å². The van der Waals surface area contributed by atoms with Crippen molar-refractivity contribution in [2.75, 3.05) is 5.32 Å². The second-order valence-corrected chi connectivity index (χ2v) is 11.3. The predicted octanol–water partition coefficient (Wildman–Crippen LogP) is 7.62. The van der Waals surface area contributed by atoms with E-state index in [0.717, 1.165) is 44.5 Å². The van der Waals surface area contributed by atoms with Gasteiger partial charge in [-0.3, -0.25) is 15.1 Å². The third kappa shape index (κ3) is 5.20. The lowest BCUT2D eigenvalue weighted by molar-refractivity contribution is 0.249. The summed E-state index contributed by atoms with van der Waals surface area (Å²) in [6.45, 7) is 1.95. The number of hydrogen-bond acceptors (Lipinski definition) is 4. The number of carbonyl (C=O) groups excluding carboxylic acids is 1. The molecule has 0 bridgehead atoms. The Balaban J connectivity index is 1.49. The van der Waals surface area contributed by atoms with Gasteiger partial charge >= 0.3 is 6.03 Å². The van der Waals surface area contributed by atoms with Gasteiger partial charge in [0, 0.05) is 19.3 Å². The number of aryl methyl sites for hydroxylation is 1. The molecule has 0 aliphatic heterocycles. The molecule has 8 heteroatoms. The monoisotopic (exact) mass is 603 g/mol. The van der Waals surface area contributed by atoms with E-state index < -0.39 is 5.41 Å². The van der Waals surface area contributed by atoms with Crippen LogP contribution in [-0.4, -0.2) is 31.0 Å². The van der Waals surface area contributed by atoms with Crippen LogP contribution in [0, 0.1) is 0 Å². The Kier molecular flexibility index (Phi) is 7.60. The summed E-state index contributed by atoms with van der Waals surface area (Å²) in [6.07, 6.45) is 1.90. The Morgan fingerprint density at radius 2 is 1.33 bits per heavy atom. The van der Waals surface area contributed by atoms with Crippen molar-refractivity contribution in [2.45, 2.75) is 18.4 Å². The van der Waals surface area contributed by atoms with E-state index in [9.17, 15) is 4.79 Å². The zero-order valence-electron chi connectivity index (χ0n) is 25.6. The lowest BCUT2D eigenvalue weighted by atomic mass is 9.66. The van der Waals surface area contributed by atoms with Gasteiger partial charge in [0.05, 0.1) is 28.1 Å². The summed E-state index contributed by atoms with van der Waals surface area (Å²) >= 11 is 0. The number of urea groups is 1. The number of carbonyl (C=O) groups is 1. The Morgan fingerprint density at radius 3 is 1.85 bits per heavy atom. The number of H-pyrrole nitrogens is 1. The first-order valence-corrected chi connectivity index (χ1v) is 15.2. The summed E-state index contributed by atoms with van der Waals surface area (Å²) in [4.78, 5) is 18.8. The van der Waals surface area contributed by atoms with Crippen LogP contribution >= 0.6 is 0 Å². The molecule has 3 N–H and O–H groups in total. The van der Waals surface area contributed by atoms with Gasteiger partial charge in [-0.2, -0.15) is 10.2 Å². The zero-order valence-corrected chi connectivity index (χ0v) is 25.6. The number of nitrogens with one attached hydrogen (secondary N) is 3. The maximum atomic E-state index is 13.4. The molecule has 0 aliphatic rings. The van der Waals surface area contributed by atoms with E-state index >= 15 is 0 Å². The van der Waals surface area contributed by atoms with Crippen molar-refractivity contribution in [1.29, 1.82) is 0 Å². The molecule has 3 heterocycles. The fraction of sp³-hybridized carbons (Fsp3) is 0.105. The van der Waals surface area contributed by atoms with Gasteiger partial charge in [0.1, 0.15) is 17.2 Å². The van der Waals surface area contributed by atoms with Crippen molar-refractivity contribution >= 4 is 22.8 Å². The first-order valence-electron chi connectivity index (χ1n) is 15.2. The summed E-state index contributed by atoms with van der Waals surface area (Å²) < 4.78 is 1.76. The van der Waals surface area contributed by atoms with Gasteiger partial charge in [-0.05, 0) is 35.2 Å². The van der Waals surface area contributed by atoms with Gasteiger partial charge in [0.25, 0.3) is 0 Å². The van der Waals surface area contributed by atoms with Crippen LogP contribution in [0.4, 0.5) is 10.6 Å². The van der Waals surface area contributed by atoms with E-state index in [1.165, 1.54) is 0 Å². The number of rotatable bonds is 8.